The van der Waals surface area contributed by atoms with Crippen LogP contribution in [0.4, 0.5) is 5.69 Å². The Morgan fingerprint density at radius 1 is 1.17 bits per heavy atom. The minimum atomic E-state index is 0.851. The summed E-state index contributed by atoms with van der Waals surface area (Å²) in [6.45, 7) is 0. The van der Waals surface area contributed by atoms with E-state index in [0.29, 0.717) is 0 Å². The van der Waals surface area contributed by atoms with Gasteiger partial charge >= 0.3 is 0 Å². The smallest absolute Gasteiger partial charge is 0.0396 e. The van der Waals surface area contributed by atoms with Gasteiger partial charge in [0.2, 0.25) is 0 Å². The predicted octanol–water partition coefficient (Wildman–Crippen LogP) is 2.63. The van der Waals surface area contributed by atoms with Crippen LogP contribution in [0.3, 0.4) is 0 Å². The molecule has 1 aliphatic carbocycles. The molecule has 1 heteroatoms. The zero-order valence-corrected chi connectivity index (χ0v) is 7.75. The highest BCUT2D eigenvalue weighted by atomic mass is 15.1. The molecule has 0 aromatic heterocycles. The molecule has 1 aromatic rings. The van der Waals surface area contributed by atoms with Crippen LogP contribution >= 0.6 is 0 Å². The van der Waals surface area contributed by atoms with Gasteiger partial charge in [0.25, 0.3) is 0 Å². The summed E-state index contributed by atoms with van der Waals surface area (Å²) in [4.78, 5) is 2.20. The summed E-state index contributed by atoms with van der Waals surface area (Å²) in [5.41, 5.74) is 2.92. The summed E-state index contributed by atoms with van der Waals surface area (Å²) in [6, 6.07) is 8.71. The molecule has 1 fully saturated rings. The Labute approximate surface area is 74.0 Å². The summed E-state index contributed by atoms with van der Waals surface area (Å²) in [5.74, 6) is 0.851. The van der Waals surface area contributed by atoms with Crippen molar-refractivity contribution in [2.45, 2.75) is 18.8 Å². The molecule has 0 atom stereocenters. The fraction of sp³-hybridized carbons (Fsp3) is 0.455. The van der Waals surface area contributed by atoms with Crippen LogP contribution in [0.2, 0.25) is 0 Å². The van der Waals surface area contributed by atoms with Crippen LogP contribution in [-0.4, -0.2) is 14.1 Å². The van der Waals surface area contributed by atoms with Gasteiger partial charge in [-0.15, -0.1) is 0 Å². The molecule has 1 saturated carbocycles. The van der Waals surface area contributed by atoms with Gasteiger partial charge in [0.15, 0.2) is 0 Å². The summed E-state index contributed by atoms with van der Waals surface area (Å²) < 4.78 is 0. The van der Waals surface area contributed by atoms with E-state index in [4.69, 9.17) is 0 Å². The number of nitrogens with zero attached hydrogens (tertiary/aromatic N) is 1. The zero-order chi connectivity index (χ0) is 8.55. The molecule has 0 N–H and O–H groups in total. The molecule has 0 spiro atoms. The molecule has 0 amide bonds. The fourth-order valence-corrected chi connectivity index (χ4v) is 1.63. The molecule has 1 aromatic carbocycles. The van der Waals surface area contributed by atoms with E-state index in [2.05, 4.69) is 43.3 Å². The van der Waals surface area contributed by atoms with Crippen LogP contribution in [0, 0.1) is 0 Å². The van der Waals surface area contributed by atoms with E-state index >= 15 is 0 Å². The monoisotopic (exact) mass is 161 g/mol. The largest absolute Gasteiger partial charge is 0.377 e. The standard InChI is InChI=1S/C11H15N/c1-12(2)11-6-4-3-5-10(11)9-7-8-9/h3-6,9H,7-8H2,1-2H3. The zero-order valence-electron chi connectivity index (χ0n) is 7.75. The summed E-state index contributed by atoms with van der Waals surface area (Å²) in [6.07, 6.45) is 2.76. The molecule has 0 bridgehead atoms. The van der Waals surface area contributed by atoms with E-state index in [1.807, 2.05) is 0 Å². The van der Waals surface area contributed by atoms with E-state index in [1.54, 1.807) is 0 Å². The van der Waals surface area contributed by atoms with Crippen LogP contribution in [-0.2, 0) is 0 Å². The maximum absolute atomic E-state index is 2.26. The number of hydrogen-bond acceptors (Lipinski definition) is 1. The van der Waals surface area contributed by atoms with Gasteiger partial charge in [-0.1, -0.05) is 18.2 Å². The van der Waals surface area contributed by atoms with Crippen molar-refractivity contribution in [1.29, 1.82) is 0 Å². The van der Waals surface area contributed by atoms with E-state index in [9.17, 15) is 0 Å². The highest BCUT2D eigenvalue weighted by molar-refractivity contribution is 5.55. The molecule has 0 heterocycles. The molecule has 1 aliphatic rings. The molecule has 1 nitrogen and oxygen atoms in total. The molecule has 0 saturated heterocycles. The first-order valence-corrected chi connectivity index (χ1v) is 4.55. The SMILES string of the molecule is CN(C)c1ccccc1C1CC1. The van der Waals surface area contributed by atoms with Crippen molar-refractivity contribution in [3.05, 3.63) is 29.8 Å². The van der Waals surface area contributed by atoms with Crippen molar-refractivity contribution < 1.29 is 0 Å². The molecular weight excluding hydrogens is 146 g/mol. The number of benzene rings is 1. The summed E-state index contributed by atoms with van der Waals surface area (Å²) in [5, 5.41) is 0. The molecule has 64 valence electrons. The van der Waals surface area contributed by atoms with Crippen LogP contribution < -0.4 is 4.90 Å². The van der Waals surface area contributed by atoms with E-state index < -0.39 is 0 Å². The third-order valence-electron chi connectivity index (χ3n) is 2.44. The van der Waals surface area contributed by atoms with Crippen LogP contribution in [0.15, 0.2) is 24.3 Å². The first kappa shape index (κ1) is 7.66. The van der Waals surface area contributed by atoms with Crippen molar-refractivity contribution in [3.8, 4) is 0 Å². The normalized spacial score (nSPS) is 16.2. The van der Waals surface area contributed by atoms with E-state index in [-0.39, 0.29) is 0 Å². The molecular formula is C11H15N. The van der Waals surface area contributed by atoms with Gasteiger partial charge < -0.3 is 4.90 Å². The summed E-state index contributed by atoms with van der Waals surface area (Å²) in [7, 11) is 4.22. The number of para-hydroxylation sites is 1. The van der Waals surface area contributed by atoms with Crippen LogP contribution in [0.5, 0.6) is 0 Å². The van der Waals surface area contributed by atoms with Gasteiger partial charge in [-0.05, 0) is 30.4 Å². The quantitative estimate of drug-likeness (QED) is 0.644. The third kappa shape index (κ3) is 1.31. The van der Waals surface area contributed by atoms with Crippen molar-refractivity contribution in [2.24, 2.45) is 0 Å². The lowest BCUT2D eigenvalue weighted by atomic mass is 10.1. The second-order valence-electron chi connectivity index (χ2n) is 3.73. The molecule has 2 rings (SSSR count). The Balaban J connectivity index is 2.36. The van der Waals surface area contributed by atoms with Gasteiger partial charge in [-0.2, -0.15) is 0 Å². The van der Waals surface area contributed by atoms with Crippen LogP contribution in [0.1, 0.15) is 24.3 Å². The van der Waals surface area contributed by atoms with Gasteiger partial charge in [0.05, 0.1) is 0 Å². The Hall–Kier alpha value is -0.980. The number of anilines is 1. The van der Waals surface area contributed by atoms with Gasteiger partial charge in [-0.25, -0.2) is 0 Å². The number of hydrogen-bond donors (Lipinski definition) is 0. The minimum absolute atomic E-state index is 0.851. The number of rotatable bonds is 2. The van der Waals surface area contributed by atoms with Crippen LogP contribution in [0.25, 0.3) is 0 Å². The maximum Gasteiger partial charge on any atom is 0.0396 e. The highest BCUT2D eigenvalue weighted by Gasteiger charge is 2.25. The van der Waals surface area contributed by atoms with Crippen molar-refractivity contribution in [2.75, 3.05) is 19.0 Å². The third-order valence-corrected chi connectivity index (χ3v) is 2.44. The average Bonchev–Trinajstić information content (AvgIpc) is 2.87. The Morgan fingerprint density at radius 2 is 1.83 bits per heavy atom. The van der Waals surface area contributed by atoms with Crippen molar-refractivity contribution in [3.63, 3.8) is 0 Å². The van der Waals surface area contributed by atoms with E-state index in [1.165, 1.54) is 24.1 Å². The second-order valence-corrected chi connectivity index (χ2v) is 3.73. The fourth-order valence-electron chi connectivity index (χ4n) is 1.63. The molecule has 0 aliphatic heterocycles. The lowest BCUT2D eigenvalue weighted by Gasteiger charge is -2.16. The van der Waals surface area contributed by atoms with E-state index in [0.717, 1.165) is 5.92 Å². The average molecular weight is 161 g/mol. The highest BCUT2D eigenvalue weighted by Crippen LogP contribution is 2.43. The molecule has 12 heavy (non-hydrogen) atoms. The topological polar surface area (TPSA) is 3.24 Å². The lowest BCUT2D eigenvalue weighted by molar-refractivity contribution is 1.05. The predicted molar refractivity (Wildman–Crippen MR) is 52.7 cm³/mol. The van der Waals surface area contributed by atoms with Crippen molar-refractivity contribution in [1.82, 2.24) is 0 Å². The second kappa shape index (κ2) is 2.81. The minimum Gasteiger partial charge on any atom is -0.377 e. The van der Waals surface area contributed by atoms with Gasteiger partial charge in [0, 0.05) is 19.8 Å². The first-order chi connectivity index (χ1) is 5.79. The Bertz CT molecular complexity index is 253. The molecule has 0 unspecified atom stereocenters. The Morgan fingerprint density at radius 3 is 2.42 bits per heavy atom. The van der Waals surface area contributed by atoms with Crippen molar-refractivity contribution >= 4 is 5.69 Å². The van der Waals surface area contributed by atoms with Gasteiger partial charge in [0.1, 0.15) is 0 Å². The Kier molecular flexibility index (Phi) is 1.80. The molecule has 0 radical (unpaired) electrons. The summed E-state index contributed by atoms with van der Waals surface area (Å²) >= 11 is 0. The first-order valence-electron chi connectivity index (χ1n) is 4.55. The lowest BCUT2D eigenvalue weighted by Crippen LogP contribution is -2.10. The van der Waals surface area contributed by atoms with Gasteiger partial charge in [-0.3, -0.25) is 0 Å². The maximum atomic E-state index is 2.26.